The van der Waals surface area contributed by atoms with Gasteiger partial charge in [-0.1, -0.05) is 24.3 Å². The van der Waals surface area contributed by atoms with E-state index >= 15 is 0 Å². The Morgan fingerprint density at radius 2 is 1.86 bits per heavy atom. The van der Waals surface area contributed by atoms with E-state index in [4.69, 9.17) is 14.3 Å². The highest BCUT2D eigenvalue weighted by Crippen LogP contribution is 2.17. The van der Waals surface area contributed by atoms with Crippen LogP contribution in [0.1, 0.15) is 33.0 Å². The van der Waals surface area contributed by atoms with Gasteiger partial charge < -0.3 is 14.3 Å². The molecule has 0 aliphatic carbocycles. The van der Waals surface area contributed by atoms with Gasteiger partial charge in [0.15, 0.2) is 0 Å². The molecule has 0 saturated carbocycles. The molecule has 1 N–H and O–H groups in total. The summed E-state index contributed by atoms with van der Waals surface area (Å²) in [5, 5.41) is 9.03. The molecule has 2 rings (SSSR count). The number of carboxylic acids is 1. The molecule has 118 valence electrons. The average Bonchev–Trinajstić information content (AvgIpc) is 2.82. The Labute approximate surface area is 130 Å². The molecule has 0 aliphatic heterocycles. The third kappa shape index (κ3) is 4.19. The molecule has 22 heavy (non-hydrogen) atoms. The topological polar surface area (TPSA) is 62.9 Å². The first-order chi connectivity index (χ1) is 10.5. The second-order valence-electron chi connectivity index (χ2n) is 5.41. The van der Waals surface area contributed by atoms with E-state index in [1.165, 1.54) is 5.56 Å². The fourth-order valence-electron chi connectivity index (χ4n) is 2.38. The molecular weight excluding hydrogens is 282 g/mol. The van der Waals surface area contributed by atoms with Crippen LogP contribution in [0.3, 0.4) is 0 Å². The summed E-state index contributed by atoms with van der Waals surface area (Å²) in [6, 6.07) is 9.83. The monoisotopic (exact) mass is 303 g/mol. The van der Waals surface area contributed by atoms with Crippen molar-refractivity contribution < 1.29 is 19.1 Å². The Balaban J connectivity index is 1.96. The molecule has 0 fully saturated rings. The van der Waals surface area contributed by atoms with Gasteiger partial charge in [0.1, 0.15) is 17.1 Å². The van der Waals surface area contributed by atoms with Gasteiger partial charge in [-0.05, 0) is 31.2 Å². The highest BCUT2D eigenvalue weighted by Gasteiger charge is 2.14. The van der Waals surface area contributed by atoms with Crippen LogP contribution in [-0.4, -0.2) is 30.1 Å². The van der Waals surface area contributed by atoms with Crippen LogP contribution in [0.25, 0.3) is 0 Å². The molecule has 0 radical (unpaired) electrons. The van der Waals surface area contributed by atoms with Gasteiger partial charge in [0.05, 0.1) is 13.2 Å². The number of rotatable bonds is 7. The predicted molar refractivity (Wildman–Crippen MR) is 82.7 cm³/mol. The van der Waals surface area contributed by atoms with E-state index < -0.39 is 5.97 Å². The van der Waals surface area contributed by atoms with Gasteiger partial charge in [-0.25, -0.2) is 4.79 Å². The molecule has 1 heterocycles. The lowest BCUT2D eigenvalue weighted by Gasteiger charge is -2.15. The Morgan fingerprint density at radius 1 is 1.23 bits per heavy atom. The van der Waals surface area contributed by atoms with E-state index in [1.807, 2.05) is 19.2 Å². The van der Waals surface area contributed by atoms with Gasteiger partial charge >= 0.3 is 5.97 Å². The molecule has 1 aromatic heterocycles. The fourth-order valence-corrected chi connectivity index (χ4v) is 2.38. The summed E-state index contributed by atoms with van der Waals surface area (Å²) in [7, 11) is 3.65. The number of hydrogen-bond acceptors (Lipinski definition) is 4. The Hall–Kier alpha value is -2.11. The van der Waals surface area contributed by atoms with Gasteiger partial charge in [-0.2, -0.15) is 0 Å². The summed E-state index contributed by atoms with van der Waals surface area (Å²) < 4.78 is 10.6. The van der Waals surface area contributed by atoms with E-state index in [1.54, 1.807) is 20.1 Å². The van der Waals surface area contributed by atoms with Gasteiger partial charge in [-0.3, -0.25) is 4.90 Å². The Bertz CT molecular complexity index is 631. The third-order valence-electron chi connectivity index (χ3n) is 3.41. The van der Waals surface area contributed by atoms with Gasteiger partial charge in [-0.15, -0.1) is 0 Å². The highest BCUT2D eigenvalue weighted by molar-refractivity contribution is 5.88. The first kappa shape index (κ1) is 16.3. The normalized spacial score (nSPS) is 11.1. The third-order valence-corrected chi connectivity index (χ3v) is 3.41. The lowest BCUT2D eigenvalue weighted by molar-refractivity contribution is 0.0695. The first-order valence-corrected chi connectivity index (χ1v) is 7.07. The quantitative estimate of drug-likeness (QED) is 0.851. The Kier molecular flexibility index (Phi) is 5.35. The van der Waals surface area contributed by atoms with Crippen molar-refractivity contribution in [2.75, 3.05) is 14.2 Å². The van der Waals surface area contributed by atoms with Crippen molar-refractivity contribution in [2.45, 2.75) is 26.6 Å². The maximum atomic E-state index is 11.0. The van der Waals surface area contributed by atoms with Crippen LogP contribution in [0.5, 0.6) is 0 Å². The second kappa shape index (κ2) is 7.24. The van der Waals surface area contributed by atoms with E-state index in [2.05, 4.69) is 17.0 Å². The summed E-state index contributed by atoms with van der Waals surface area (Å²) in [5.41, 5.74) is 2.55. The summed E-state index contributed by atoms with van der Waals surface area (Å²) in [5.74, 6) is 0.150. The Morgan fingerprint density at radius 3 is 2.41 bits per heavy atom. The number of methoxy groups -OCH3 is 1. The number of nitrogens with zero attached hydrogens (tertiary/aromatic N) is 1. The van der Waals surface area contributed by atoms with Crippen LogP contribution in [0.2, 0.25) is 0 Å². The number of carbonyl (C=O) groups is 1. The standard InChI is InChI=1S/C17H21NO4/c1-12-16(17(19)20)8-15(22-12)10-18(2)9-13-4-6-14(7-5-13)11-21-3/h4-8H,9-11H2,1-3H3,(H,19,20). The molecule has 0 atom stereocenters. The van der Waals surface area contributed by atoms with Crippen molar-refractivity contribution >= 4 is 5.97 Å². The maximum absolute atomic E-state index is 11.0. The van der Waals surface area contributed by atoms with Gasteiger partial charge in [0.25, 0.3) is 0 Å². The first-order valence-electron chi connectivity index (χ1n) is 7.07. The van der Waals surface area contributed by atoms with Crippen LogP contribution in [0.15, 0.2) is 34.7 Å². The number of benzene rings is 1. The summed E-state index contributed by atoms with van der Waals surface area (Å²) in [4.78, 5) is 13.1. The molecule has 0 bridgehead atoms. The molecule has 1 aromatic carbocycles. The lowest BCUT2D eigenvalue weighted by Crippen LogP contribution is -2.16. The van der Waals surface area contributed by atoms with E-state index in [9.17, 15) is 4.79 Å². The number of aryl methyl sites for hydroxylation is 1. The van der Waals surface area contributed by atoms with Crippen LogP contribution in [-0.2, 0) is 24.4 Å². The van der Waals surface area contributed by atoms with Crippen LogP contribution < -0.4 is 0 Å². The number of ether oxygens (including phenoxy) is 1. The molecular formula is C17H21NO4. The number of furan rings is 1. The zero-order chi connectivity index (χ0) is 16.1. The molecule has 0 amide bonds. The fraction of sp³-hybridized carbons (Fsp3) is 0.353. The molecule has 5 nitrogen and oxygen atoms in total. The molecule has 0 saturated heterocycles. The summed E-state index contributed by atoms with van der Waals surface area (Å²) in [6.45, 7) is 3.60. The lowest BCUT2D eigenvalue weighted by atomic mass is 10.1. The van der Waals surface area contributed by atoms with Crippen molar-refractivity contribution in [1.82, 2.24) is 4.90 Å². The molecule has 0 aliphatic rings. The maximum Gasteiger partial charge on any atom is 0.339 e. The smallest absolute Gasteiger partial charge is 0.339 e. The van der Waals surface area contributed by atoms with Crippen molar-refractivity contribution in [1.29, 1.82) is 0 Å². The minimum atomic E-state index is -0.955. The van der Waals surface area contributed by atoms with E-state index in [0.717, 1.165) is 12.1 Å². The van der Waals surface area contributed by atoms with E-state index in [-0.39, 0.29) is 5.56 Å². The predicted octanol–water partition coefficient (Wildman–Crippen LogP) is 3.06. The van der Waals surface area contributed by atoms with Crippen LogP contribution >= 0.6 is 0 Å². The molecule has 0 unspecified atom stereocenters. The average molecular weight is 303 g/mol. The van der Waals surface area contributed by atoms with Gasteiger partial charge in [0.2, 0.25) is 0 Å². The zero-order valence-electron chi connectivity index (χ0n) is 13.1. The molecule has 2 aromatic rings. The zero-order valence-corrected chi connectivity index (χ0v) is 13.1. The van der Waals surface area contributed by atoms with Crippen molar-refractivity contribution in [3.8, 4) is 0 Å². The van der Waals surface area contributed by atoms with Gasteiger partial charge in [0, 0.05) is 13.7 Å². The SMILES string of the molecule is COCc1ccc(CN(C)Cc2cc(C(=O)O)c(C)o2)cc1. The molecule has 0 spiro atoms. The minimum absolute atomic E-state index is 0.229. The van der Waals surface area contributed by atoms with Crippen LogP contribution in [0.4, 0.5) is 0 Å². The highest BCUT2D eigenvalue weighted by atomic mass is 16.5. The largest absolute Gasteiger partial charge is 0.478 e. The molecule has 5 heteroatoms. The number of hydrogen-bond donors (Lipinski definition) is 1. The minimum Gasteiger partial charge on any atom is -0.478 e. The summed E-state index contributed by atoms with van der Waals surface area (Å²) in [6.07, 6.45) is 0. The number of aromatic carboxylic acids is 1. The number of carboxylic acid groups (broad SMARTS) is 1. The summed E-state index contributed by atoms with van der Waals surface area (Å²) >= 11 is 0. The van der Waals surface area contributed by atoms with Crippen molar-refractivity contribution in [3.63, 3.8) is 0 Å². The second-order valence-corrected chi connectivity index (χ2v) is 5.41. The van der Waals surface area contributed by atoms with Crippen LogP contribution in [0, 0.1) is 6.92 Å². The van der Waals surface area contributed by atoms with Crippen molar-refractivity contribution in [3.05, 3.63) is 58.5 Å². The van der Waals surface area contributed by atoms with Crippen molar-refractivity contribution in [2.24, 2.45) is 0 Å². The van der Waals surface area contributed by atoms with E-state index in [0.29, 0.717) is 24.7 Å².